The standard InChI is InChI=1S/C24H20N2O2S/c27-21(17-28-16-18-10-4-1-5-11-18)25-24-26-22(19-12-6-2-7-13-19)23(29-24)20-14-8-3-9-15-20/h1-15H,16-17H2,(H,25,26,27). The van der Waals surface area contributed by atoms with Crippen molar-refractivity contribution in [3.05, 3.63) is 96.6 Å². The largest absolute Gasteiger partial charge is 0.367 e. The molecule has 4 nitrogen and oxygen atoms in total. The number of nitrogens with zero attached hydrogens (tertiary/aromatic N) is 1. The first-order valence-corrected chi connectivity index (χ1v) is 10.1. The first-order chi connectivity index (χ1) is 14.3. The molecule has 0 fully saturated rings. The van der Waals surface area contributed by atoms with E-state index < -0.39 is 0 Å². The summed E-state index contributed by atoms with van der Waals surface area (Å²) in [6.45, 7) is 0.381. The number of anilines is 1. The molecule has 3 aromatic carbocycles. The minimum atomic E-state index is -0.214. The highest BCUT2D eigenvalue weighted by molar-refractivity contribution is 7.19. The number of rotatable bonds is 7. The molecule has 5 heteroatoms. The van der Waals surface area contributed by atoms with Crippen molar-refractivity contribution in [3.63, 3.8) is 0 Å². The van der Waals surface area contributed by atoms with Gasteiger partial charge in [-0.2, -0.15) is 0 Å². The van der Waals surface area contributed by atoms with Crippen molar-refractivity contribution in [2.45, 2.75) is 6.61 Å². The normalized spacial score (nSPS) is 10.6. The molecule has 4 rings (SSSR count). The van der Waals surface area contributed by atoms with E-state index in [2.05, 4.69) is 17.4 Å². The number of amides is 1. The Hall–Kier alpha value is -3.28. The summed E-state index contributed by atoms with van der Waals surface area (Å²) in [5.41, 5.74) is 3.99. The smallest absolute Gasteiger partial charge is 0.252 e. The minimum Gasteiger partial charge on any atom is -0.367 e. The number of carbonyl (C=O) groups is 1. The fourth-order valence-corrected chi connectivity index (χ4v) is 3.95. The maximum Gasteiger partial charge on any atom is 0.252 e. The Morgan fingerprint density at radius 2 is 1.41 bits per heavy atom. The predicted molar refractivity (Wildman–Crippen MR) is 118 cm³/mol. The van der Waals surface area contributed by atoms with Crippen LogP contribution in [0.15, 0.2) is 91.0 Å². The van der Waals surface area contributed by atoms with Gasteiger partial charge in [-0.15, -0.1) is 0 Å². The minimum absolute atomic E-state index is 0.0180. The summed E-state index contributed by atoms with van der Waals surface area (Å²) in [6, 6.07) is 29.9. The molecule has 0 unspecified atom stereocenters. The summed E-state index contributed by atoms with van der Waals surface area (Å²) < 4.78 is 5.52. The van der Waals surface area contributed by atoms with E-state index in [0.717, 1.165) is 27.3 Å². The average Bonchev–Trinajstić information content (AvgIpc) is 3.19. The van der Waals surface area contributed by atoms with Crippen LogP contribution in [0.4, 0.5) is 5.13 Å². The second-order valence-electron chi connectivity index (χ2n) is 6.46. The van der Waals surface area contributed by atoms with Crippen molar-refractivity contribution in [2.75, 3.05) is 11.9 Å². The number of benzene rings is 3. The Morgan fingerprint density at radius 1 is 0.828 bits per heavy atom. The van der Waals surface area contributed by atoms with Crippen LogP contribution < -0.4 is 5.32 Å². The quantitative estimate of drug-likeness (QED) is 0.437. The van der Waals surface area contributed by atoms with Crippen LogP contribution in [0.5, 0.6) is 0 Å². The van der Waals surface area contributed by atoms with Gasteiger partial charge in [0.1, 0.15) is 6.61 Å². The van der Waals surface area contributed by atoms with Gasteiger partial charge in [0.15, 0.2) is 5.13 Å². The summed E-state index contributed by atoms with van der Waals surface area (Å²) in [4.78, 5) is 18.0. The lowest BCUT2D eigenvalue weighted by atomic mass is 10.1. The number of hydrogen-bond donors (Lipinski definition) is 1. The van der Waals surface area contributed by atoms with E-state index in [1.807, 2.05) is 78.9 Å². The third-order valence-corrected chi connectivity index (χ3v) is 5.32. The highest BCUT2D eigenvalue weighted by Crippen LogP contribution is 2.38. The molecule has 0 bridgehead atoms. The lowest BCUT2D eigenvalue weighted by molar-refractivity contribution is -0.121. The van der Waals surface area contributed by atoms with Gasteiger partial charge in [0.25, 0.3) is 5.91 Å². The van der Waals surface area contributed by atoms with Crippen molar-refractivity contribution in [2.24, 2.45) is 0 Å². The number of nitrogens with one attached hydrogen (secondary N) is 1. The van der Waals surface area contributed by atoms with Crippen LogP contribution in [0, 0.1) is 0 Å². The third-order valence-electron chi connectivity index (χ3n) is 4.30. The summed E-state index contributed by atoms with van der Waals surface area (Å²) >= 11 is 1.47. The van der Waals surface area contributed by atoms with Crippen molar-refractivity contribution in [1.82, 2.24) is 4.98 Å². The van der Waals surface area contributed by atoms with E-state index in [0.29, 0.717) is 11.7 Å². The Kier molecular flexibility index (Phi) is 6.10. The first-order valence-electron chi connectivity index (χ1n) is 9.33. The van der Waals surface area contributed by atoms with Crippen molar-refractivity contribution >= 4 is 22.4 Å². The lowest BCUT2D eigenvalue weighted by Crippen LogP contribution is -2.18. The number of thiazole rings is 1. The van der Waals surface area contributed by atoms with Gasteiger partial charge in [-0.25, -0.2) is 4.98 Å². The Bertz CT molecular complexity index is 1010. The molecule has 0 aliphatic carbocycles. The van der Waals surface area contributed by atoms with E-state index in [1.165, 1.54) is 11.3 Å². The van der Waals surface area contributed by atoms with Crippen molar-refractivity contribution in [1.29, 1.82) is 0 Å². The maximum absolute atomic E-state index is 12.3. The van der Waals surface area contributed by atoms with Crippen LogP contribution in [-0.2, 0) is 16.1 Å². The fraction of sp³-hybridized carbons (Fsp3) is 0.0833. The van der Waals surface area contributed by atoms with E-state index >= 15 is 0 Å². The van der Waals surface area contributed by atoms with Gasteiger partial charge in [-0.1, -0.05) is 102 Å². The van der Waals surface area contributed by atoms with Crippen LogP contribution in [-0.4, -0.2) is 17.5 Å². The predicted octanol–water partition coefficient (Wildman–Crippen LogP) is 5.63. The maximum atomic E-state index is 12.3. The highest BCUT2D eigenvalue weighted by atomic mass is 32.1. The monoisotopic (exact) mass is 400 g/mol. The molecule has 4 aromatic rings. The molecule has 1 amide bonds. The van der Waals surface area contributed by atoms with Crippen LogP contribution in [0.3, 0.4) is 0 Å². The number of ether oxygens (including phenoxy) is 1. The molecule has 0 saturated carbocycles. The molecule has 0 aliphatic rings. The molecule has 0 radical (unpaired) electrons. The molecule has 1 heterocycles. The summed E-state index contributed by atoms with van der Waals surface area (Å²) in [5.74, 6) is -0.214. The Morgan fingerprint density at radius 3 is 2.07 bits per heavy atom. The van der Waals surface area contributed by atoms with E-state index in [1.54, 1.807) is 0 Å². The van der Waals surface area contributed by atoms with Crippen LogP contribution >= 0.6 is 11.3 Å². The first kappa shape index (κ1) is 19.1. The average molecular weight is 401 g/mol. The number of hydrogen-bond acceptors (Lipinski definition) is 4. The van der Waals surface area contributed by atoms with Gasteiger partial charge in [-0.3, -0.25) is 10.1 Å². The Balaban J connectivity index is 1.49. The lowest BCUT2D eigenvalue weighted by Gasteiger charge is -2.04. The van der Waals surface area contributed by atoms with Crippen LogP contribution in [0.2, 0.25) is 0 Å². The molecule has 0 aliphatic heterocycles. The summed E-state index contributed by atoms with van der Waals surface area (Å²) in [7, 11) is 0. The SMILES string of the molecule is O=C(COCc1ccccc1)Nc1nc(-c2ccccc2)c(-c2ccccc2)s1. The van der Waals surface area contributed by atoms with Gasteiger partial charge in [0.05, 0.1) is 17.2 Å². The topological polar surface area (TPSA) is 51.2 Å². The molecule has 0 spiro atoms. The zero-order valence-corrected chi connectivity index (χ0v) is 16.6. The van der Waals surface area contributed by atoms with Crippen molar-refractivity contribution < 1.29 is 9.53 Å². The van der Waals surface area contributed by atoms with E-state index in [9.17, 15) is 4.79 Å². The summed E-state index contributed by atoms with van der Waals surface area (Å²) in [5, 5.41) is 3.44. The fourth-order valence-electron chi connectivity index (χ4n) is 2.94. The van der Waals surface area contributed by atoms with Crippen LogP contribution in [0.25, 0.3) is 21.7 Å². The van der Waals surface area contributed by atoms with Crippen molar-refractivity contribution in [3.8, 4) is 21.7 Å². The Labute approximate surface area is 173 Å². The third kappa shape index (κ3) is 4.96. The van der Waals surface area contributed by atoms with Gasteiger partial charge in [0.2, 0.25) is 0 Å². The van der Waals surface area contributed by atoms with Crippen LogP contribution in [0.1, 0.15) is 5.56 Å². The molecule has 1 N–H and O–H groups in total. The molecule has 0 saturated heterocycles. The van der Waals surface area contributed by atoms with E-state index in [-0.39, 0.29) is 12.5 Å². The van der Waals surface area contributed by atoms with Gasteiger partial charge >= 0.3 is 0 Å². The molecule has 29 heavy (non-hydrogen) atoms. The molecule has 144 valence electrons. The summed E-state index contributed by atoms with van der Waals surface area (Å²) in [6.07, 6.45) is 0. The number of aromatic nitrogens is 1. The molecular weight excluding hydrogens is 380 g/mol. The second kappa shape index (κ2) is 9.28. The second-order valence-corrected chi connectivity index (χ2v) is 7.45. The zero-order valence-electron chi connectivity index (χ0n) is 15.7. The highest BCUT2D eigenvalue weighted by Gasteiger charge is 2.16. The zero-order chi connectivity index (χ0) is 19.9. The van der Waals surface area contributed by atoms with Gasteiger partial charge < -0.3 is 4.74 Å². The molecule has 1 aromatic heterocycles. The van der Waals surface area contributed by atoms with Gasteiger partial charge in [-0.05, 0) is 11.1 Å². The van der Waals surface area contributed by atoms with E-state index in [4.69, 9.17) is 9.72 Å². The molecular formula is C24H20N2O2S. The molecule has 0 atom stereocenters. The van der Waals surface area contributed by atoms with Gasteiger partial charge in [0, 0.05) is 5.56 Å². The number of carbonyl (C=O) groups excluding carboxylic acids is 1.